The van der Waals surface area contributed by atoms with Crippen LogP contribution >= 0.6 is 11.8 Å². The van der Waals surface area contributed by atoms with E-state index in [-0.39, 0.29) is 12.5 Å². The molecule has 12 heteroatoms. The van der Waals surface area contributed by atoms with Crippen molar-refractivity contribution in [3.05, 3.63) is 106 Å². The monoisotopic (exact) mass is 638 g/mol. The number of alkyl halides is 3. The molecule has 0 atom stereocenters. The number of hydrogen-bond acceptors (Lipinski definition) is 7. The van der Waals surface area contributed by atoms with Crippen LogP contribution in [0.2, 0.25) is 0 Å². The van der Waals surface area contributed by atoms with Crippen LogP contribution in [-0.4, -0.2) is 61.6 Å². The minimum atomic E-state index is -4.39. The van der Waals surface area contributed by atoms with Crippen molar-refractivity contribution in [2.24, 2.45) is 0 Å². The predicted octanol–water partition coefficient (Wildman–Crippen LogP) is 5.94. The SMILES string of the molecule is CCc1nn(CC(=O)N(CCN(CC)CC)Cc2ccc(-c3ccc(C(F)(F)F)cc3)cc2)c(SCc2cccnc2)nc1=O. The molecule has 0 fully saturated rings. The third-order valence-corrected chi connectivity index (χ3v) is 8.46. The summed E-state index contributed by atoms with van der Waals surface area (Å²) in [4.78, 5) is 38.8. The maximum Gasteiger partial charge on any atom is 0.416 e. The average molecular weight is 639 g/mol. The smallest absolute Gasteiger partial charge is 0.335 e. The Morgan fingerprint density at radius 1 is 0.911 bits per heavy atom. The van der Waals surface area contributed by atoms with Gasteiger partial charge in [0.1, 0.15) is 12.2 Å². The van der Waals surface area contributed by atoms with Crippen LogP contribution < -0.4 is 5.56 Å². The summed E-state index contributed by atoms with van der Waals surface area (Å²) < 4.78 is 40.5. The fraction of sp³-hybridized carbons (Fsp3) is 0.364. The Labute approximate surface area is 265 Å². The van der Waals surface area contributed by atoms with Crippen molar-refractivity contribution in [1.29, 1.82) is 0 Å². The number of amides is 1. The molecule has 2 aromatic heterocycles. The molecule has 1 amide bonds. The highest BCUT2D eigenvalue weighted by molar-refractivity contribution is 7.98. The van der Waals surface area contributed by atoms with Crippen LogP contribution in [0.15, 0.2) is 83.0 Å². The van der Waals surface area contributed by atoms with Crippen LogP contribution in [0.1, 0.15) is 43.2 Å². The van der Waals surface area contributed by atoms with Gasteiger partial charge in [0.05, 0.1) is 5.56 Å². The first-order valence-electron chi connectivity index (χ1n) is 14.9. The minimum absolute atomic E-state index is 0.0858. The average Bonchev–Trinajstić information content (AvgIpc) is 3.05. The summed E-state index contributed by atoms with van der Waals surface area (Å²) in [6.07, 6.45) is -0.564. The first kappa shape index (κ1) is 33.9. The van der Waals surface area contributed by atoms with Crippen LogP contribution in [0, 0.1) is 0 Å². The van der Waals surface area contributed by atoms with E-state index in [0.29, 0.717) is 48.2 Å². The highest BCUT2D eigenvalue weighted by Gasteiger charge is 2.30. The number of pyridine rings is 1. The van der Waals surface area contributed by atoms with Gasteiger partial charge in [0.25, 0.3) is 5.56 Å². The van der Waals surface area contributed by atoms with Crippen molar-refractivity contribution in [2.45, 2.75) is 57.4 Å². The lowest BCUT2D eigenvalue weighted by Gasteiger charge is -2.27. The van der Waals surface area contributed by atoms with Gasteiger partial charge in [-0.15, -0.1) is 0 Å². The van der Waals surface area contributed by atoms with Crippen molar-refractivity contribution in [3.8, 4) is 11.1 Å². The number of aromatic nitrogens is 4. The van der Waals surface area contributed by atoms with Gasteiger partial charge in [-0.2, -0.15) is 23.3 Å². The highest BCUT2D eigenvalue weighted by atomic mass is 32.2. The molecular weight excluding hydrogens is 601 g/mol. The molecule has 2 heterocycles. The van der Waals surface area contributed by atoms with Crippen molar-refractivity contribution < 1.29 is 18.0 Å². The van der Waals surface area contributed by atoms with E-state index in [0.717, 1.165) is 41.9 Å². The van der Waals surface area contributed by atoms with Crippen LogP contribution in [-0.2, 0) is 36.2 Å². The molecule has 4 aromatic rings. The third kappa shape index (κ3) is 9.48. The van der Waals surface area contributed by atoms with Gasteiger partial charge in [0.2, 0.25) is 5.91 Å². The second-order valence-corrected chi connectivity index (χ2v) is 11.4. The minimum Gasteiger partial charge on any atom is -0.335 e. The number of nitrogens with zero attached hydrogens (tertiary/aromatic N) is 6. The maximum absolute atomic E-state index is 13.8. The Balaban J connectivity index is 1.54. The molecule has 0 unspecified atom stereocenters. The predicted molar refractivity (Wildman–Crippen MR) is 170 cm³/mol. The van der Waals surface area contributed by atoms with Crippen LogP contribution in [0.5, 0.6) is 0 Å². The van der Waals surface area contributed by atoms with Gasteiger partial charge >= 0.3 is 6.18 Å². The van der Waals surface area contributed by atoms with Gasteiger partial charge in [-0.25, -0.2) is 4.68 Å². The number of likely N-dealkylation sites (N-methyl/N-ethyl adjacent to an activating group) is 1. The molecule has 2 aromatic carbocycles. The van der Waals surface area contributed by atoms with Gasteiger partial charge in [0.15, 0.2) is 5.16 Å². The zero-order valence-corrected chi connectivity index (χ0v) is 26.4. The van der Waals surface area contributed by atoms with Gasteiger partial charge < -0.3 is 9.80 Å². The first-order chi connectivity index (χ1) is 21.6. The van der Waals surface area contributed by atoms with E-state index >= 15 is 0 Å². The summed E-state index contributed by atoms with van der Waals surface area (Å²) in [6.45, 7) is 9.07. The number of carbonyl (C=O) groups is 1. The zero-order chi connectivity index (χ0) is 32.4. The molecular formula is C33H37F3N6O2S. The first-order valence-corrected chi connectivity index (χ1v) is 15.9. The number of rotatable bonds is 14. The van der Waals surface area contributed by atoms with Crippen molar-refractivity contribution >= 4 is 17.7 Å². The molecule has 0 aliphatic rings. The molecule has 0 aliphatic carbocycles. The van der Waals surface area contributed by atoms with E-state index < -0.39 is 17.3 Å². The summed E-state index contributed by atoms with van der Waals surface area (Å²) in [5, 5.41) is 4.86. The Morgan fingerprint density at radius 2 is 1.58 bits per heavy atom. The van der Waals surface area contributed by atoms with Gasteiger partial charge in [-0.3, -0.25) is 14.6 Å². The van der Waals surface area contributed by atoms with Gasteiger partial charge in [-0.05, 0) is 60.0 Å². The topological polar surface area (TPSA) is 84.2 Å². The molecule has 0 aliphatic heterocycles. The van der Waals surface area contributed by atoms with Crippen molar-refractivity contribution in [1.82, 2.24) is 29.5 Å². The summed E-state index contributed by atoms with van der Waals surface area (Å²) in [5.74, 6) is 0.343. The standard InChI is InChI=1S/C33H37F3N6O2S/c1-4-29-31(44)38-32(45-23-25-8-7-17-37-20-25)42(39-29)22-30(43)41(19-18-40(5-2)6-3)21-24-9-11-26(12-10-24)27-13-15-28(16-14-27)33(34,35)36/h7-17,20H,4-6,18-19,21-23H2,1-3H3. The molecule has 0 radical (unpaired) electrons. The normalized spacial score (nSPS) is 11.6. The van der Waals surface area contributed by atoms with Gasteiger partial charge in [-0.1, -0.05) is 75.0 Å². The molecule has 45 heavy (non-hydrogen) atoms. The Hall–Kier alpha value is -4.03. The lowest BCUT2D eigenvalue weighted by atomic mass is 10.0. The highest BCUT2D eigenvalue weighted by Crippen LogP contribution is 2.31. The number of thioether (sulfide) groups is 1. The van der Waals surface area contributed by atoms with Crippen LogP contribution in [0.3, 0.4) is 0 Å². The van der Waals surface area contributed by atoms with E-state index in [4.69, 9.17) is 0 Å². The Morgan fingerprint density at radius 3 is 2.16 bits per heavy atom. The largest absolute Gasteiger partial charge is 0.416 e. The number of halogens is 3. The van der Waals surface area contributed by atoms with E-state index in [1.807, 2.05) is 43.3 Å². The lowest BCUT2D eigenvalue weighted by molar-refractivity contribution is -0.137. The third-order valence-electron chi connectivity index (χ3n) is 7.42. The van der Waals surface area contributed by atoms with Crippen LogP contribution in [0.25, 0.3) is 11.1 Å². The number of hydrogen-bond donors (Lipinski definition) is 0. The molecule has 0 saturated heterocycles. The van der Waals surface area contributed by atoms with E-state index in [1.165, 1.54) is 28.6 Å². The van der Waals surface area contributed by atoms with E-state index in [1.54, 1.807) is 17.3 Å². The summed E-state index contributed by atoms with van der Waals surface area (Å²) >= 11 is 1.33. The second-order valence-electron chi connectivity index (χ2n) is 10.4. The fourth-order valence-corrected chi connectivity index (χ4v) is 5.57. The molecule has 8 nitrogen and oxygen atoms in total. The number of benzene rings is 2. The maximum atomic E-state index is 13.8. The molecule has 0 bridgehead atoms. The summed E-state index contributed by atoms with van der Waals surface area (Å²) in [5.41, 5.74) is 2.48. The van der Waals surface area contributed by atoms with E-state index in [2.05, 4.69) is 33.8 Å². The number of aryl methyl sites for hydroxylation is 1. The Bertz CT molecular complexity index is 1590. The van der Waals surface area contributed by atoms with Crippen LogP contribution in [0.4, 0.5) is 13.2 Å². The quantitative estimate of drug-likeness (QED) is 0.158. The zero-order valence-electron chi connectivity index (χ0n) is 25.6. The molecule has 0 saturated carbocycles. The van der Waals surface area contributed by atoms with Crippen molar-refractivity contribution in [2.75, 3.05) is 26.2 Å². The molecule has 0 N–H and O–H groups in total. The van der Waals surface area contributed by atoms with Crippen molar-refractivity contribution in [3.63, 3.8) is 0 Å². The van der Waals surface area contributed by atoms with E-state index in [9.17, 15) is 22.8 Å². The number of carbonyl (C=O) groups excluding carboxylic acids is 1. The fourth-order valence-electron chi connectivity index (χ4n) is 4.70. The second kappa shape index (κ2) is 15.8. The summed E-state index contributed by atoms with van der Waals surface area (Å²) in [6, 6.07) is 16.3. The molecule has 238 valence electrons. The van der Waals surface area contributed by atoms with Gasteiger partial charge in [0, 0.05) is 37.8 Å². The summed E-state index contributed by atoms with van der Waals surface area (Å²) in [7, 11) is 0. The Kier molecular flexibility index (Phi) is 11.9. The molecule has 0 spiro atoms. The molecule has 4 rings (SSSR count). The lowest BCUT2D eigenvalue weighted by Crippen LogP contribution is -2.40.